The molecule has 0 bridgehead atoms. The molecule has 5 nitrogen and oxygen atoms in total. The number of tetrazole rings is 1. The van der Waals surface area contributed by atoms with E-state index in [2.05, 4.69) is 69.1 Å². The van der Waals surface area contributed by atoms with Gasteiger partial charge >= 0.3 is 0 Å². The largest absolute Gasteiger partial charge is 0.284 e. The van der Waals surface area contributed by atoms with Crippen molar-refractivity contribution < 1.29 is 0 Å². The van der Waals surface area contributed by atoms with E-state index in [-0.39, 0.29) is 6.04 Å². The van der Waals surface area contributed by atoms with E-state index >= 15 is 0 Å². The van der Waals surface area contributed by atoms with Crippen molar-refractivity contribution in [2.75, 3.05) is 6.54 Å². The monoisotopic (exact) mass is 353 g/mol. The fourth-order valence-corrected chi connectivity index (χ4v) is 4.47. The van der Waals surface area contributed by atoms with Crippen LogP contribution < -0.4 is 0 Å². The minimum atomic E-state index is 0.285. The van der Waals surface area contributed by atoms with E-state index in [9.17, 15) is 0 Å². The summed E-state index contributed by atoms with van der Waals surface area (Å²) in [4.78, 5) is 4.02. The Kier molecular flexibility index (Phi) is 4.90. The molecule has 0 saturated heterocycles. The van der Waals surface area contributed by atoms with Gasteiger partial charge in [-0.05, 0) is 45.8 Å². The van der Waals surface area contributed by atoms with Gasteiger partial charge in [-0.3, -0.25) is 4.90 Å². The molecule has 0 aliphatic carbocycles. The van der Waals surface area contributed by atoms with Gasteiger partial charge in [-0.15, -0.1) is 16.4 Å². The normalized spacial score (nSPS) is 17.6. The maximum absolute atomic E-state index is 4.30. The second kappa shape index (κ2) is 7.45. The van der Waals surface area contributed by atoms with Crippen LogP contribution in [0.3, 0.4) is 0 Å². The third kappa shape index (κ3) is 3.37. The first-order chi connectivity index (χ1) is 12.4. The smallest absolute Gasteiger partial charge is 0.165 e. The predicted molar refractivity (Wildman–Crippen MR) is 99.4 cm³/mol. The Morgan fingerprint density at radius 2 is 2.08 bits per heavy atom. The zero-order chi connectivity index (χ0) is 17.1. The summed E-state index contributed by atoms with van der Waals surface area (Å²) < 4.78 is 1.97. The van der Waals surface area contributed by atoms with Gasteiger partial charge in [-0.2, -0.15) is 0 Å². The molecule has 4 rings (SSSR count). The van der Waals surface area contributed by atoms with E-state index in [0.717, 1.165) is 44.7 Å². The first-order valence-corrected chi connectivity index (χ1v) is 9.85. The van der Waals surface area contributed by atoms with Crippen LogP contribution in [0.4, 0.5) is 0 Å². The number of hydrogen-bond acceptors (Lipinski definition) is 5. The second-order valence-corrected chi connectivity index (χ2v) is 7.51. The van der Waals surface area contributed by atoms with Crippen LogP contribution in [0, 0.1) is 0 Å². The topological polar surface area (TPSA) is 46.8 Å². The molecule has 1 aliphatic heterocycles. The van der Waals surface area contributed by atoms with Crippen molar-refractivity contribution in [3.63, 3.8) is 0 Å². The van der Waals surface area contributed by atoms with Crippen LogP contribution in [0.2, 0.25) is 0 Å². The quantitative estimate of drug-likeness (QED) is 0.678. The molecule has 0 fully saturated rings. The molecule has 1 aromatic carbocycles. The van der Waals surface area contributed by atoms with Gasteiger partial charge in [0.2, 0.25) is 0 Å². The van der Waals surface area contributed by atoms with Gasteiger partial charge in [0.15, 0.2) is 5.82 Å². The summed E-state index contributed by atoms with van der Waals surface area (Å²) in [7, 11) is 0. The van der Waals surface area contributed by atoms with Crippen molar-refractivity contribution in [3.05, 3.63) is 63.6 Å². The fraction of sp³-hybridized carbons (Fsp3) is 0.421. The summed E-state index contributed by atoms with van der Waals surface area (Å²) in [6.07, 6.45) is 3.36. The van der Waals surface area contributed by atoms with Gasteiger partial charge in [-0.25, -0.2) is 4.68 Å². The van der Waals surface area contributed by atoms with Crippen molar-refractivity contribution in [3.8, 4) is 0 Å². The third-order valence-corrected chi connectivity index (χ3v) is 5.85. The van der Waals surface area contributed by atoms with E-state index in [1.54, 1.807) is 0 Å². The van der Waals surface area contributed by atoms with Crippen molar-refractivity contribution in [1.29, 1.82) is 0 Å². The Hall–Kier alpha value is -2.05. The maximum atomic E-state index is 4.30. The minimum Gasteiger partial charge on any atom is -0.284 e. The zero-order valence-corrected chi connectivity index (χ0v) is 15.3. The van der Waals surface area contributed by atoms with E-state index in [1.165, 1.54) is 16.0 Å². The maximum Gasteiger partial charge on any atom is 0.165 e. The molecule has 0 N–H and O–H groups in total. The summed E-state index contributed by atoms with van der Waals surface area (Å²) in [5.74, 6) is 0.966. The molecular formula is C19H23N5S. The van der Waals surface area contributed by atoms with Gasteiger partial charge in [0, 0.05) is 18.0 Å². The zero-order valence-electron chi connectivity index (χ0n) is 14.5. The Balaban J connectivity index is 1.63. The average Bonchev–Trinajstić information content (AvgIpc) is 3.29. The van der Waals surface area contributed by atoms with Crippen LogP contribution in [-0.4, -0.2) is 31.7 Å². The molecule has 1 aliphatic rings. The summed E-state index contributed by atoms with van der Waals surface area (Å²) in [5, 5.41) is 14.6. The van der Waals surface area contributed by atoms with Crippen LogP contribution in [0.5, 0.6) is 0 Å². The molecule has 3 aromatic rings. The van der Waals surface area contributed by atoms with E-state index in [1.807, 2.05) is 16.0 Å². The summed E-state index contributed by atoms with van der Waals surface area (Å²) in [5.41, 5.74) is 2.78. The summed E-state index contributed by atoms with van der Waals surface area (Å²) >= 11 is 1.88. The molecule has 3 heterocycles. The first-order valence-electron chi connectivity index (χ1n) is 8.97. The fourth-order valence-electron chi connectivity index (χ4n) is 3.56. The highest BCUT2D eigenvalue weighted by molar-refractivity contribution is 7.10. The van der Waals surface area contributed by atoms with E-state index in [0.29, 0.717) is 0 Å². The van der Waals surface area contributed by atoms with Crippen molar-refractivity contribution in [2.24, 2.45) is 0 Å². The number of nitrogens with zero attached hydrogens (tertiary/aromatic N) is 5. The van der Waals surface area contributed by atoms with Crippen molar-refractivity contribution in [1.82, 2.24) is 25.1 Å². The Morgan fingerprint density at radius 3 is 2.92 bits per heavy atom. The second-order valence-electron chi connectivity index (χ2n) is 6.50. The van der Waals surface area contributed by atoms with Crippen LogP contribution in [0.25, 0.3) is 0 Å². The SMILES string of the molecule is CCCCn1nnnc1CN1CCc2sccc2C1c1ccccc1. The van der Waals surface area contributed by atoms with E-state index < -0.39 is 0 Å². The van der Waals surface area contributed by atoms with Crippen molar-refractivity contribution >= 4 is 11.3 Å². The number of unbranched alkanes of at least 4 members (excludes halogenated alkanes) is 1. The number of benzene rings is 1. The summed E-state index contributed by atoms with van der Waals surface area (Å²) in [6.45, 7) is 4.91. The molecule has 6 heteroatoms. The van der Waals surface area contributed by atoms with Crippen LogP contribution in [0.15, 0.2) is 41.8 Å². The van der Waals surface area contributed by atoms with Gasteiger partial charge in [0.1, 0.15) is 0 Å². The van der Waals surface area contributed by atoms with Crippen molar-refractivity contribution in [2.45, 2.75) is 45.3 Å². The van der Waals surface area contributed by atoms with Gasteiger partial charge < -0.3 is 0 Å². The molecule has 1 unspecified atom stereocenters. The predicted octanol–water partition coefficient (Wildman–Crippen LogP) is 3.68. The number of aryl methyl sites for hydroxylation is 1. The molecular weight excluding hydrogens is 330 g/mol. The lowest BCUT2D eigenvalue weighted by molar-refractivity contribution is 0.197. The summed E-state index contributed by atoms with van der Waals surface area (Å²) in [6, 6.07) is 13.3. The highest BCUT2D eigenvalue weighted by atomic mass is 32.1. The Morgan fingerprint density at radius 1 is 1.20 bits per heavy atom. The van der Waals surface area contributed by atoms with Gasteiger partial charge in [0.05, 0.1) is 12.6 Å². The highest BCUT2D eigenvalue weighted by Crippen LogP contribution is 2.38. The number of hydrogen-bond donors (Lipinski definition) is 0. The minimum absolute atomic E-state index is 0.285. The molecule has 1 atom stereocenters. The first kappa shape index (κ1) is 16.4. The average molecular weight is 353 g/mol. The molecule has 0 amide bonds. The molecule has 130 valence electrons. The number of thiophene rings is 1. The molecule has 0 radical (unpaired) electrons. The molecule has 0 spiro atoms. The number of fused-ring (bicyclic) bond motifs is 1. The van der Waals surface area contributed by atoms with Gasteiger partial charge in [0.25, 0.3) is 0 Å². The lowest BCUT2D eigenvalue weighted by atomic mass is 9.93. The number of aromatic nitrogens is 4. The Labute approximate surface area is 152 Å². The molecule has 0 saturated carbocycles. The van der Waals surface area contributed by atoms with Crippen LogP contribution in [-0.2, 0) is 19.5 Å². The van der Waals surface area contributed by atoms with E-state index in [4.69, 9.17) is 0 Å². The molecule has 2 aromatic heterocycles. The van der Waals surface area contributed by atoms with Crippen LogP contribution in [0.1, 0.15) is 47.6 Å². The van der Waals surface area contributed by atoms with Gasteiger partial charge in [-0.1, -0.05) is 43.7 Å². The standard InChI is InChI=1S/C19H23N5S/c1-2-3-11-24-18(20-21-22-24)14-23-12-9-17-16(10-13-25-17)19(23)15-7-5-4-6-8-15/h4-8,10,13,19H,2-3,9,11-12,14H2,1H3. The lowest BCUT2D eigenvalue weighted by Gasteiger charge is -2.35. The number of rotatable bonds is 6. The Bertz CT molecular complexity index is 810. The highest BCUT2D eigenvalue weighted by Gasteiger charge is 2.30. The van der Waals surface area contributed by atoms with Crippen LogP contribution >= 0.6 is 11.3 Å². The third-order valence-electron chi connectivity index (χ3n) is 4.86. The molecule has 25 heavy (non-hydrogen) atoms. The lowest BCUT2D eigenvalue weighted by Crippen LogP contribution is -2.35.